The molecule has 8 nitrogen and oxygen atoms in total. The summed E-state index contributed by atoms with van der Waals surface area (Å²) in [4.78, 5) is 6.78. The first kappa shape index (κ1) is 18.8. The van der Waals surface area contributed by atoms with Gasteiger partial charge in [0, 0.05) is 36.2 Å². The van der Waals surface area contributed by atoms with Crippen LogP contribution in [0.4, 0.5) is 28.8 Å². The van der Waals surface area contributed by atoms with Crippen LogP contribution in [0, 0.1) is 0 Å². The molecule has 0 unspecified atom stereocenters. The van der Waals surface area contributed by atoms with E-state index in [0.717, 1.165) is 36.0 Å². The normalized spacial score (nSPS) is 12.3. The van der Waals surface area contributed by atoms with Crippen LogP contribution in [0.15, 0.2) is 48.7 Å². The summed E-state index contributed by atoms with van der Waals surface area (Å²) in [6, 6.07) is 13.9. The van der Waals surface area contributed by atoms with Gasteiger partial charge in [0.05, 0.1) is 6.20 Å². The standard InChI is InChI=1S/C21H24N6O2/c1-3-27(4-2)17-8-5-15(6-9-17)24-21-25-20(14-22-26-21)23-16-7-10-18-19(13-16)29-12-11-28-18/h5-10,13-14H,3-4,11-12H2,1-2H3,(H2,23,24,25,26). The Morgan fingerprint density at radius 3 is 2.38 bits per heavy atom. The molecule has 4 rings (SSSR count). The van der Waals surface area contributed by atoms with E-state index in [1.54, 1.807) is 6.20 Å². The molecule has 2 heterocycles. The number of rotatable bonds is 7. The Bertz CT molecular complexity index is 960. The molecular weight excluding hydrogens is 368 g/mol. The lowest BCUT2D eigenvalue weighted by Gasteiger charge is -2.21. The Morgan fingerprint density at radius 1 is 0.897 bits per heavy atom. The molecule has 150 valence electrons. The first-order chi connectivity index (χ1) is 14.2. The van der Waals surface area contributed by atoms with E-state index in [0.29, 0.717) is 25.0 Å². The maximum absolute atomic E-state index is 5.62. The van der Waals surface area contributed by atoms with Gasteiger partial charge in [-0.05, 0) is 50.2 Å². The van der Waals surface area contributed by atoms with E-state index in [1.165, 1.54) is 5.69 Å². The predicted molar refractivity (Wildman–Crippen MR) is 114 cm³/mol. The maximum atomic E-state index is 5.62. The van der Waals surface area contributed by atoms with E-state index >= 15 is 0 Å². The summed E-state index contributed by atoms with van der Waals surface area (Å²) in [6.45, 7) is 7.37. The van der Waals surface area contributed by atoms with Crippen molar-refractivity contribution in [1.29, 1.82) is 0 Å². The van der Waals surface area contributed by atoms with Crippen LogP contribution in [-0.4, -0.2) is 41.5 Å². The van der Waals surface area contributed by atoms with E-state index in [1.807, 2.05) is 30.3 Å². The number of fused-ring (bicyclic) bond motifs is 1. The Labute approximate surface area is 169 Å². The molecule has 3 aromatic rings. The van der Waals surface area contributed by atoms with Crippen molar-refractivity contribution in [2.24, 2.45) is 0 Å². The molecule has 0 amide bonds. The molecule has 0 saturated carbocycles. The molecule has 0 aliphatic carbocycles. The number of hydrogen-bond donors (Lipinski definition) is 2. The van der Waals surface area contributed by atoms with Crippen molar-refractivity contribution in [3.05, 3.63) is 48.7 Å². The third-order valence-electron chi connectivity index (χ3n) is 4.63. The monoisotopic (exact) mass is 392 g/mol. The molecule has 1 aliphatic rings. The number of aromatic nitrogens is 3. The lowest BCUT2D eigenvalue weighted by Crippen LogP contribution is -2.21. The number of anilines is 5. The summed E-state index contributed by atoms with van der Waals surface area (Å²) in [7, 11) is 0. The van der Waals surface area contributed by atoms with Crippen molar-refractivity contribution in [3.8, 4) is 11.5 Å². The Balaban J connectivity index is 1.45. The second kappa shape index (κ2) is 8.64. The van der Waals surface area contributed by atoms with Gasteiger partial charge in [-0.25, -0.2) is 0 Å². The number of hydrogen-bond acceptors (Lipinski definition) is 8. The molecule has 8 heteroatoms. The molecule has 0 radical (unpaired) electrons. The van der Waals surface area contributed by atoms with Gasteiger partial charge in [0.2, 0.25) is 5.95 Å². The molecule has 29 heavy (non-hydrogen) atoms. The Hall–Kier alpha value is -3.55. The summed E-state index contributed by atoms with van der Waals surface area (Å²) < 4.78 is 11.2. The van der Waals surface area contributed by atoms with Crippen LogP contribution >= 0.6 is 0 Å². The van der Waals surface area contributed by atoms with E-state index in [9.17, 15) is 0 Å². The fraction of sp³-hybridized carbons (Fsp3) is 0.286. The van der Waals surface area contributed by atoms with Gasteiger partial charge in [0.25, 0.3) is 0 Å². The smallest absolute Gasteiger partial charge is 0.249 e. The van der Waals surface area contributed by atoms with Crippen molar-refractivity contribution in [1.82, 2.24) is 15.2 Å². The van der Waals surface area contributed by atoms with Gasteiger partial charge in [-0.1, -0.05) is 0 Å². The fourth-order valence-corrected chi connectivity index (χ4v) is 3.16. The Morgan fingerprint density at radius 2 is 1.62 bits per heavy atom. The van der Waals surface area contributed by atoms with Crippen LogP contribution in [-0.2, 0) is 0 Å². The maximum Gasteiger partial charge on any atom is 0.249 e. The summed E-state index contributed by atoms with van der Waals surface area (Å²) in [5.74, 6) is 2.47. The molecule has 0 spiro atoms. The summed E-state index contributed by atoms with van der Waals surface area (Å²) >= 11 is 0. The summed E-state index contributed by atoms with van der Waals surface area (Å²) in [6.07, 6.45) is 1.57. The first-order valence-corrected chi connectivity index (χ1v) is 9.73. The number of ether oxygens (including phenoxy) is 2. The third kappa shape index (κ3) is 4.48. The van der Waals surface area contributed by atoms with Gasteiger partial charge in [0.1, 0.15) is 13.2 Å². The molecule has 0 bridgehead atoms. The highest BCUT2D eigenvalue weighted by molar-refractivity contribution is 5.63. The second-order valence-corrected chi connectivity index (χ2v) is 6.49. The van der Waals surface area contributed by atoms with Crippen LogP contribution in [0.25, 0.3) is 0 Å². The van der Waals surface area contributed by atoms with Crippen molar-refractivity contribution in [3.63, 3.8) is 0 Å². The number of nitrogens with zero attached hydrogens (tertiary/aromatic N) is 4. The van der Waals surface area contributed by atoms with Crippen LogP contribution in [0.3, 0.4) is 0 Å². The zero-order chi connectivity index (χ0) is 20.1. The zero-order valence-electron chi connectivity index (χ0n) is 16.6. The van der Waals surface area contributed by atoms with Crippen LogP contribution in [0.1, 0.15) is 13.8 Å². The van der Waals surface area contributed by atoms with Crippen molar-refractivity contribution in [2.45, 2.75) is 13.8 Å². The molecule has 1 aromatic heterocycles. The number of nitrogens with one attached hydrogen (secondary N) is 2. The van der Waals surface area contributed by atoms with Crippen molar-refractivity contribution < 1.29 is 9.47 Å². The first-order valence-electron chi connectivity index (χ1n) is 9.73. The summed E-state index contributed by atoms with van der Waals surface area (Å²) in [5.41, 5.74) is 2.93. The van der Waals surface area contributed by atoms with Crippen LogP contribution in [0.2, 0.25) is 0 Å². The van der Waals surface area contributed by atoms with E-state index in [4.69, 9.17) is 9.47 Å². The van der Waals surface area contributed by atoms with Crippen LogP contribution in [0.5, 0.6) is 11.5 Å². The molecule has 0 fully saturated rings. The van der Waals surface area contributed by atoms with Gasteiger partial charge in [-0.2, -0.15) is 10.1 Å². The summed E-state index contributed by atoms with van der Waals surface area (Å²) in [5, 5.41) is 14.5. The average molecular weight is 392 g/mol. The lowest BCUT2D eigenvalue weighted by molar-refractivity contribution is 0.171. The molecule has 2 aromatic carbocycles. The molecular formula is C21H24N6O2. The van der Waals surface area contributed by atoms with Gasteiger partial charge in [-0.3, -0.25) is 0 Å². The van der Waals surface area contributed by atoms with Gasteiger partial charge in [0.15, 0.2) is 17.3 Å². The quantitative estimate of drug-likeness (QED) is 0.625. The highest BCUT2D eigenvalue weighted by Crippen LogP contribution is 2.33. The largest absolute Gasteiger partial charge is 0.486 e. The van der Waals surface area contributed by atoms with Gasteiger partial charge in [-0.15, -0.1) is 5.10 Å². The van der Waals surface area contributed by atoms with E-state index in [-0.39, 0.29) is 0 Å². The lowest BCUT2D eigenvalue weighted by atomic mass is 10.2. The van der Waals surface area contributed by atoms with Gasteiger partial charge < -0.3 is 25.0 Å². The van der Waals surface area contributed by atoms with Crippen molar-refractivity contribution in [2.75, 3.05) is 41.8 Å². The SMILES string of the molecule is CCN(CC)c1ccc(Nc2nncc(Nc3ccc4c(c3)OCCO4)n2)cc1. The third-order valence-corrected chi connectivity index (χ3v) is 4.63. The Kier molecular flexibility index (Phi) is 5.60. The van der Waals surface area contributed by atoms with Crippen LogP contribution < -0.4 is 25.0 Å². The molecule has 0 saturated heterocycles. The predicted octanol–water partition coefficient (Wildman–Crippen LogP) is 3.98. The second-order valence-electron chi connectivity index (χ2n) is 6.49. The molecule has 2 N–H and O–H groups in total. The van der Waals surface area contributed by atoms with E-state index in [2.05, 4.69) is 56.7 Å². The molecule has 0 atom stereocenters. The zero-order valence-corrected chi connectivity index (χ0v) is 16.6. The van der Waals surface area contributed by atoms with E-state index < -0.39 is 0 Å². The topological polar surface area (TPSA) is 84.4 Å². The van der Waals surface area contributed by atoms with Gasteiger partial charge >= 0.3 is 0 Å². The van der Waals surface area contributed by atoms with Crippen molar-refractivity contribution >= 4 is 28.8 Å². The highest BCUT2D eigenvalue weighted by atomic mass is 16.6. The fourth-order valence-electron chi connectivity index (χ4n) is 3.16. The molecule has 1 aliphatic heterocycles. The average Bonchev–Trinajstić information content (AvgIpc) is 2.76. The minimum atomic E-state index is 0.420. The minimum Gasteiger partial charge on any atom is -0.486 e. The highest BCUT2D eigenvalue weighted by Gasteiger charge is 2.12. The minimum absolute atomic E-state index is 0.420. The number of benzene rings is 2.